The van der Waals surface area contributed by atoms with Crippen LogP contribution in [0.4, 0.5) is 11.4 Å². The minimum Gasteiger partial charge on any atom is -0.494 e. The Labute approximate surface area is 219 Å². The third kappa shape index (κ3) is 9.04. The highest BCUT2D eigenvalue weighted by atomic mass is 16.5. The van der Waals surface area contributed by atoms with Crippen LogP contribution in [-0.2, 0) is 17.6 Å². The number of aryl methyl sites for hydroxylation is 2. The maximum atomic E-state index is 12.6. The van der Waals surface area contributed by atoms with Gasteiger partial charge in [0.15, 0.2) is 0 Å². The molecule has 0 saturated carbocycles. The summed E-state index contributed by atoms with van der Waals surface area (Å²) in [5, 5.41) is 6.13. The molecule has 0 fully saturated rings. The van der Waals surface area contributed by atoms with Crippen molar-refractivity contribution in [1.82, 2.24) is 0 Å². The molecule has 0 radical (unpaired) electrons. The van der Waals surface area contributed by atoms with Crippen molar-refractivity contribution in [2.45, 2.75) is 25.7 Å². The molecule has 0 aliphatic carbocycles. The number of hydrogen-bond acceptors (Lipinski definition) is 4. The van der Waals surface area contributed by atoms with Gasteiger partial charge in [-0.2, -0.15) is 0 Å². The van der Waals surface area contributed by atoms with Gasteiger partial charge in [0.1, 0.15) is 11.5 Å². The van der Waals surface area contributed by atoms with Crippen LogP contribution in [0.5, 0.6) is 11.5 Å². The summed E-state index contributed by atoms with van der Waals surface area (Å²) in [5.74, 6) is 1.35. The Balaban J connectivity index is 1.19. The Morgan fingerprint density at radius 3 is 1.97 bits per heavy atom. The Hall–Kier alpha value is -4.25. The monoisotopic (exact) mass is 494 g/mol. The van der Waals surface area contributed by atoms with Gasteiger partial charge in [0.2, 0.25) is 5.91 Å². The number of rotatable bonds is 14. The van der Waals surface area contributed by atoms with Gasteiger partial charge in [0, 0.05) is 11.8 Å². The van der Waals surface area contributed by atoms with Crippen LogP contribution in [0.3, 0.4) is 0 Å². The molecule has 0 aliphatic rings. The van der Waals surface area contributed by atoms with Crippen LogP contribution in [0.15, 0.2) is 109 Å². The third-order valence-electron chi connectivity index (χ3n) is 5.88. The molecular formula is C32H34N2O3. The second-order valence-electron chi connectivity index (χ2n) is 8.80. The van der Waals surface area contributed by atoms with E-state index in [1.54, 1.807) is 0 Å². The molecule has 0 unspecified atom stereocenters. The highest BCUT2D eigenvalue weighted by molar-refractivity contribution is 5.94. The van der Waals surface area contributed by atoms with Crippen LogP contribution in [0, 0.1) is 0 Å². The van der Waals surface area contributed by atoms with Crippen molar-refractivity contribution >= 4 is 17.3 Å². The summed E-state index contributed by atoms with van der Waals surface area (Å²) in [7, 11) is 0. The molecule has 37 heavy (non-hydrogen) atoms. The molecule has 190 valence electrons. The van der Waals surface area contributed by atoms with Crippen molar-refractivity contribution in [1.29, 1.82) is 0 Å². The standard InChI is InChI=1S/C32H34N2O3/c35-32(34-28-18-9-19-29(24-28)36-22-10-16-26-12-3-1-4-13-26)25-33-30-20-7-8-21-31(30)37-23-11-17-27-14-5-2-6-15-27/h1-9,12-15,18-21,24,33H,10-11,16-17,22-23,25H2,(H,34,35). The van der Waals surface area contributed by atoms with Crippen molar-refractivity contribution in [2.75, 3.05) is 30.4 Å². The maximum absolute atomic E-state index is 12.6. The van der Waals surface area contributed by atoms with E-state index in [0.29, 0.717) is 18.9 Å². The lowest BCUT2D eigenvalue weighted by atomic mass is 10.1. The van der Waals surface area contributed by atoms with Crippen LogP contribution in [0.1, 0.15) is 24.0 Å². The molecule has 0 heterocycles. The normalized spacial score (nSPS) is 10.5. The predicted molar refractivity (Wildman–Crippen MR) is 151 cm³/mol. The number of ether oxygens (including phenoxy) is 2. The van der Waals surface area contributed by atoms with E-state index in [1.807, 2.05) is 60.7 Å². The van der Waals surface area contributed by atoms with Crippen LogP contribution in [-0.4, -0.2) is 25.7 Å². The second-order valence-corrected chi connectivity index (χ2v) is 8.80. The van der Waals surface area contributed by atoms with E-state index in [2.05, 4.69) is 59.2 Å². The average molecular weight is 495 g/mol. The number of anilines is 2. The topological polar surface area (TPSA) is 59.6 Å². The lowest BCUT2D eigenvalue weighted by molar-refractivity contribution is -0.114. The van der Waals surface area contributed by atoms with E-state index in [1.165, 1.54) is 11.1 Å². The molecule has 0 spiro atoms. The Morgan fingerprint density at radius 1 is 0.649 bits per heavy atom. The number of para-hydroxylation sites is 2. The van der Waals surface area contributed by atoms with Gasteiger partial charge in [-0.05, 0) is 61.1 Å². The van der Waals surface area contributed by atoms with Gasteiger partial charge < -0.3 is 20.1 Å². The molecule has 0 aromatic heterocycles. The first-order valence-corrected chi connectivity index (χ1v) is 12.8. The van der Waals surface area contributed by atoms with E-state index in [0.717, 1.165) is 42.9 Å². The molecular weight excluding hydrogens is 460 g/mol. The van der Waals surface area contributed by atoms with Crippen molar-refractivity contribution in [3.63, 3.8) is 0 Å². The molecule has 4 aromatic carbocycles. The van der Waals surface area contributed by atoms with Crippen molar-refractivity contribution in [3.05, 3.63) is 120 Å². The van der Waals surface area contributed by atoms with Crippen molar-refractivity contribution < 1.29 is 14.3 Å². The zero-order valence-electron chi connectivity index (χ0n) is 21.1. The molecule has 0 atom stereocenters. The lowest BCUT2D eigenvalue weighted by Gasteiger charge is -2.14. The van der Waals surface area contributed by atoms with Crippen LogP contribution < -0.4 is 20.1 Å². The summed E-state index contributed by atoms with van der Waals surface area (Å²) in [6.07, 6.45) is 3.79. The predicted octanol–water partition coefficient (Wildman–Crippen LogP) is 6.76. The highest BCUT2D eigenvalue weighted by Gasteiger charge is 2.07. The Kier molecular flexibility index (Phi) is 10.0. The van der Waals surface area contributed by atoms with Gasteiger partial charge in [-0.3, -0.25) is 4.79 Å². The average Bonchev–Trinajstić information content (AvgIpc) is 2.94. The molecule has 4 aromatic rings. The summed E-state index contributed by atoms with van der Waals surface area (Å²) < 4.78 is 11.9. The number of carbonyl (C=O) groups is 1. The van der Waals surface area contributed by atoms with E-state index in [-0.39, 0.29) is 12.5 Å². The summed E-state index contributed by atoms with van der Waals surface area (Å²) in [5.41, 5.74) is 4.11. The van der Waals surface area contributed by atoms with E-state index < -0.39 is 0 Å². The number of carbonyl (C=O) groups excluding carboxylic acids is 1. The number of hydrogen-bond donors (Lipinski definition) is 2. The SMILES string of the molecule is O=C(CNc1ccccc1OCCCc1ccccc1)Nc1cccc(OCCCc2ccccc2)c1. The van der Waals surface area contributed by atoms with Crippen molar-refractivity contribution in [2.24, 2.45) is 0 Å². The van der Waals surface area contributed by atoms with Gasteiger partial charge in [0.05, 0.1) is 25.4 Å². The first-order valence-electron chi connectivity index (χ1n) is 12.8. The first kappa shape index (κ1) is 25.8. The molecule has 2 N–H and O–H groups in total. The van der Waals surface area contributed by atoms with Gasteiger partial charge in [-0.15, -0.1) is 0 Å². The van der Waals surface area contributed by atoms with Crippen molar-refractivity contribution in [3.8, 4) is 11.5 Å². The molecule has 4 rings (SSSR count). The van der Waals surface area contributed by atoms with Gasteiger partial charge >= 0.3 is 0 Å². The van der Waals surface area contributed by atoms with Gasteiger partial charge in [0.25, 0.3) is 0 Å². The fourth-order valence-corrected chi connectivity index (χ4v) is 4.00. The molecule has 0 saturated heterocycles. The summed E-state index contributed by atoms with van der Waals surface area (Å²) >= 11 is 0. The third-order valence-corrected chi connectivity index (χ3v) is 5.88. The number of benzene rings is 4. The van der Waals surface area contributed by atoms with E-state index in [4.69, 9.17) is 9.47 Å². The molecule has 0 bridgehead atoms. The van der Waals surface area contributed by atoms with E-state index in [9.17, 15) is 4.79 Å². The molecule has 0 aliphatic heterocycles. The van der Waals surface area contributed by atoms with Crippen LogP contribution >= 0.6 is 0 Å². The van der Waals surface area contributed by atoms with Gasteiger partial charge in [-0.25, -0.2) is 0 Å². The zero-order chi connectivity index (χ0) is 25.5. The molecule has 5 heteroatoms. The zero-order valence-corrected chi connectivity index (χ0v) is 21.1. The second kappa shape index (κ2) is 14.3. The fraction of sp³-hybridized carbons (Fsp3) is 0.219. The Morgan fingerprint density at radius 2 is 1.27 bits per heavy atom. The van der Waals surface area contributed by atoms with Gasteiger partial charge in [-0.1, -0.05) is 78.9 Å². The Bertz CT molecular complexity index is 1230. The fourth-order valence-electron chi connectivity index (χ4n) is 4.00. The van der Waals surface area contributed by atoms with Crippen LogP contribution in [0.25, 0.3) is 0 Å². The number of amides is 1. The lowest BCUT2D eigenvalue weighted by Crippen LogP contribution is -2.22. The molecule has 5 nitrogen and oxygen atoms in total. The van der Waals surface area contributed by atoms with E-state index >= 15 is 0 Å². The quantitative estimate of drug-likeness (QED) is 0.190. The first-order chi connectivity index (χ1) is 18.3. The molecule has 1 amide bonds. The largest absolute Gasteiger partial charge is 0.494 e. The highest BCUT2D eigenvalue weighted by Crippen LogP contribution is 2.24. The van der Waals surface area contributed by atoms with Crippen LogP contribution in [0.2, 0.25) is 0 Å². The summed E-state index contributed by atoms with van der Waals surface area (Å²) in [6.45, 7) is 1.36. The minimum absolute atomic E-state index is 0.131. The summed E-state index contributed by atoms with van der Waals surface area (Å²) in [6, 6.07) is 36.0. The maximum Gasteiger partial charge on any atom is 0.243 e. The summed E-state index contributed by atoms with van der Waals surface area (Å²) in [4.78, 5) is 12.6. The number of nitrogens with one attached hydrogen (secondary N) is 2. The smallest absolute Gasteiger partial charge is 0.243 e. The minimum atomic E-state index is -0.139.